The molecule has 0 unspecified atom stereocenters. The van der Waals surface area contributed by atoms with E-state index in [1.54, 1.807) is 6.20 Å². The maximum absolute atomic E-state index is 9.07. The van der Waals surface area contributed by atoms with Gasteiger partial charge in [-0.1, -0.05) is 6.07 Å². The molecule has 0 atom stereocenters. The second kappa shape index (κ2) is 6.65. The van der Waals surface area contributed by atoms with Crippen LogP contribution in [0.4, 0.5) is 0 Å². The van der Waals surface area contributed by atoms with Crippen LogP contribution >= 0.6 is 0 Å². The summed E-state index contributed by atoms with van der Waals surface area (Å²) in [6, 6.07) is 7.38. The molecule has 1 aliphatic rings. The fourth-order valence-electron chi connectivity index (χ4n) is 2.87. The molecule has 1 heterocycles. The Morgan fingerprint density at radius 1 is 1.42 bits per heavy atom. The Morgan fingerprint density at radius 2 is 2.16 bits per heavy atom. The van der Waals surface area contributed by atoms with Crippen LogP contribution in [0.1, 0.15) is 36.9 Å². The Hall–Kier alpha value is -1.44. The Morgan fingerprint density at radius 3 is 2.79 bits per heavy atom. The van der Waals surface area contributed by atoms with E-state index in [1.807, 2.05) is 19.2 Å². The van der Waals surface area contributed by atoms with E-state index in [1.165, 1.54) is 25.7 Å². The second-order valence-electron chi connectivity index (χ2n) is 5.33. The van der Waals surface area contributed by atoms with Gasteiger partial charge in [-0.2, -0.15) is 5.26 Å². The number of hydrogen-bond donors (Lipinski definition) is 1. The second-order valence-corrected chi connectivity index (χ2v) is 5.33. The standard InChI is InChI=1S/C15H22N4/c1-17-13-5-7-14(8-6-13)19(2)11-12-4-3-9-18-15(12)10-16/h3-4,9,13-14,17H,5-8,11H2,1-2H3. The summed E-state index contributed by atoms with van der Waals surface area (Å²) in [5.41, 5.74) is 1.58. The van der Waals surface area contributed by atoms with Gasteiger partial charge in [0.15, 0.2) is 0 Å². The van der Waals surface area contributed by atoms with Gasteiger partial charge in [0.2, 0.25) is 0 Å². The van der Waals surface area contributed by atoms with Crippen LogP contribution in [0.15, 0.2) is 18.3 Å². The Bertz CT molecular complexity index is 444. The number of nitrogens with one attached hydrogen (secondary N) is 1. The number of pyridine rings is 1. The van der Waals surface area contributed by atoms with Crippen molar-refractivity contribution >= 4 is 0 Å². The SMILES string of the molecule is CNC1CCC(N(C)Cc2cccnc2C#N)CC1. The van der Waals surface area contributed by atoms with Gasteiger partial charge in [-0.3, -0.25) is 4.90 Å². The van der Waals surface area contributed by atoms with Gasteiger partial charge in [-0.05, 0) is 45.8 Å². The minimum absolute atomic E-state index is 0.554. The lowest BCUT2D eigenvalue weighted by Crippen LogP contribution is -2.39. The van der Waals surface area contributed by atoms with Crippen molar-refractivity contribution in [3.8, 4) is 6.07 Å². The molecule has 1 N–H and O–H groups in total. The van der Waals surface area contributed by atoms with Crippen LogP contribution in [-0.4, -0.2) is 36.1 Å². The molecule has 1 aliphatic carbocycles. The Labute approximate surface area is 115 Å². The van der Waals surface area contributed by atoms with Crippen molar-refractivity contribution < 1.29 is 0 Å². The lowest BCUT2D eigenvalue weighted by Gasteiger charge is -2.34. The summed E-state index contributed by atoms with van der Waals surface area (Å²) in [6.07, 6.45) is 6.61. The molecule has 2 rings (SSSR count). The van der Waals surface area contributed by atoms with Crippen LogP contribution in [0.3, 0.4) is 0 Å². The molecular formula is C15H22N4. The molecule has 0 radical (unpaired) electrons. The molecule has 1 aromatic heterocycles. The van der Waals surface area contributed by atoms with Crippen molar-refractivity contribution in [3.63, 3.8) is 0 Å². The summed E-state index contributed by atoms with van der Waals surface area (Å²) < 4.78 is 0. The maximum atomic E-state index is 9.07. The van der Waals surface area contributed by atoms with Crippen molar-refractivity contribution in [2.45, 2.75) is 44.3 Å². The molecule has 4 heteroatoms. The van der Waals surface area contributed by atoms with Gasteiger partial charge in [0.1, 0.15) is 11.8 Å². The van der Waals surface area contributed by atoms with Gasteiger partial charge in [0.05, 0.1) is 0 Å². The molecule has 0 bridgehead atoms. The highest BCUT2D eigenvalue weighted by molar-refractivity contribution is 5.30. The highest BCUT2D eigenvalue weighted by atomic mass is 15.1. The quantitative estimate of drug-likeness (QED) is 0.896. The first-order valence-electron chi connectivity index (χ1n) is 6.96. The number of rotatable bonds is 4. The number of hydrogen-bond acceptors (Lipinski definition) is 4. The fraction of sp³-hybridized carbons (Fsp3) is 0.600. The van der Waals surface area contributed by atoms with Crippen molar-refractivity contribution in [1.29, 1.82) is 5.26 Å². The van der Waals surface area contributed by atoms with Crippen LogP contribution in [0.5, 0.6) is 0 Å². The highest BCUT2D eigenvalue weighted by Gasteiger charge is 2.23. The van der Waals surface area contributed by atoms with Crippen molar-refractivity contribution in [1.82, 2.24) is 15.2 Å². The van der Waals surface area contributed by atoms with Crippen molar-refractivity contribution in [2.24, 2.45) is 0 Å². The Kier molecular flexibility index (Phi) is 4.89. The molecule has 0 aliphatic heterocycles. The van der Waals surface area contributed by atoms with Crippen molar-refractivity contribution in [3.05, 3.63) is 29.6 Å². The molecular weight excluding hydrogens is 236 g/mol. The summed E-state index contributed by atoms with van der Waals surface area (Å²) in [6.45, 7) is 0.811. The molecule has 0 saturated heterocycles. The van der Waals surface area contributed by atoms with Crippen molar-refractivity contribution in [2.75, 3.05) is 14.1 Å². The molecule has 1 saturated carbocycles. The van der Waals surface area contributed by atoms with Crippen LogP contribution in [0, 0.1) is 11.3 Å². The number of nitriles is 1. The summed E-state index contributed by atoms with van der Waals surface area (Å²) in [5.74, 6) is 0. The molecule has 4 nitrogen and oxygen atoms in total. The first-order chi connectivity index (χ1) is 9.24. The zero-order valence-corrected chi connectivity index (χ0v) is 11.8. The van der Waals surface area contributed by atoms with Crippen LogP contribution in [0.2, 0.25) is 0 Å². The normalized spacial score (nSPS) is 23.3. The zero-order chi connectivity index (χ0) is 13.7. The lowest BCUT2D eigenvalue weighted by molar-refractivity contribution is 0.169. The summed E-state index contributed by atoms with van der Waals surface area (Å²) in [7, 11) is 4.20. The molecule has 1 aromatic rings. The molecule has 0 aromatic carbocycles. The predicted octanol–water partition coefficient (Wildman–Crippen LogP) is 1.92. The van der Waals surface area contributed by atoms with Gasteiger partial charge in [-0.15, -0.1) is 0 Å². The van der Waals surface area contributed by atoms with Crippen LogP contribution in [0.25, 0.3) is 0 Å². The van der Waals surface area contributed by atoms with E-state index in [9.17, 15) is 0 Å². The first-order valence-corrected chi connectivity index (χ1v) is 6.96. The predicted molar refractivity (Wildman–Crippen MR) is 75.5 cm³/mol. The summed E-state index contributed by atoms with van der Waals surface area (Å²) in [5, 5.41) is 12.4. The first kappa shape index (κ1) is 14.0. The Balaban J connectivity index is 1.94. The van der Waals surface area contributed by atoms with E-state index in [-0.39, 0.29) is 0 Å². The third-order valence-corrected chi connectivity index (χ3v) is 4.15. The third-order valence-electron chi connectivity index (χ3n) is 4.15. The lowest BCUT2D eigenvalue weighted by atomic mass is 9.90. The third kappa shape index (κ3) is 3.52. The van der Waals surface area contributed by atoms with E-state index in [4.69, 9.17) is 5.26 Å². The van der Waals surface area contributed by atoms with Gasteiger partial charge < -0.3 is 5.32 Å². The van der Waals surface area contributed by atoms with Crippen LogP contribution < -0.4 is 5.32 Å². The smallest absolute Gasteiger partial charge is 0.144 e. The monoisotopic (exact) mass is 258 g/mol. The van der Waals surface area contributed by atoms with E-state index >= 15 is 0 Å². The number of aromatic nitrogens is 1. The van der Waals surface area contributed by atoms with Gasteiger partial charge >= 0.3 is 0 Å². The average Bonchev–Trinajstić information content (AvgIpc) is 2.48. The summed E-state index contributed by atoms with van der Waals surface area (Å²) >= 11 is 0. The fourth-order valence-corrected chi connectivity index (χ4v) is 2.87. The van der Waals surface area contributed by atoms with E-state index < -0.39 is 0 Å². The molecule has 19 heavy (non-hydrogen) atoms. The highest BCUT2D eigenvalue weighted by Crippen LogP contribution is 2.23. The molecule has 102 valence electrons. The van der Waals surface area contributed by atoms with E-state index in [0.29, 0.717) is 17.8 Å². The van der Waals surface area contributed by atoms with Gasteiger partial charge in [0.25, 0.3) is 0 Å². The summed E-state index contributed by atoms with van der Waals surface area (Å²) in [4.78, 5) is 6.49. The van der Waals surface area contributed by atoms with E-state index in [2.05, 4.69) is 28.3 Å². The zero-order valence-electron chi connectivity index (χ0n) is 11.8. The van der Waals surface area contributed by atoms with Crippen LogP contribution in [-0.2, 0) is 6.54 Å². The minimum Gasteiger partial charge on any atom is -0.317 e. The maximum Gasteiger partial charge on any atom is 0.144 e. The van der Waals surface area contributed by atoms with E-state index in [0.717, 1.165) is 12.1 Å². The molecule has 0 spiro atoms. The average molecular weight is 258 g/mol. The minimum atomic E-state index is 0.554. The number of nitrogens with zero attached hydrogens (tertiary/aromatic N) is 3. The topological polar surface area (TPSA) is 52.0 Å². The largest absolute Gasteiger partial charge is 0.317 e. The molecule has 0 amide bonds. The van der Waals surface area contributed by atoms with Gasteiger partial charge in [-0.25, -0.2) is 4.98 Å². The van der Waals surface area contributed by atoms with Gasteiger partial charge in [0, 0.05) is 30.4 Å². The molecule has 1 fully saturated rings.